The van der Waals surface area contributed by atoms with Crippen molar-refractivity contribution in [2.45, 2.75) is 18.4 Å². The summed E-state index contributed by atoms with van der Waals surface area (Å²) in [5, 5.41) is 9.71. The van der Waals surface area contributed by atoms with Crippen LogP contribution in [-0.2, 0) is 0 Å². The number of aromatic nitrogens is 4. The zero-order valence-corrected chi connectivity index (χ0v) is 10.7. The molecular weight excluding hydrogens is 254 g/mol. The number of rotatable bonds is 3. The molecule has 3 aromatic rings. The second-order valence-electron chi connectivity index (χ2n) is 5.03. The summed E-state index contributed by atoms with van der Waals surface area (Å²) in [6.07, 6.45) is 2.59. The Morgan fingerprint density at radius 1 is 1.30 bits per heavy atom. The molecule has 2 heterocycles. The van der Waals surface area contributed by atoms with Gasteiger partial charge in [0.25, 0.3) is 0 Å². The summed E-state index contributed by atoms with van der Waals surface area (Å²) < 4.78 is 1.38. The fourth-order valence-electron chi connectivity index (χ4n) is 2.50. The highest BCUT2D eigenvalue weighted by atomic mass is 16.1. The van der Waals surface area contributed by atoms with E-state index in [0.29, 0.717) is 17.6 Å². The first-order valence-electron chi connectivity index (χ1n) is 6.55. The number of fused-ring (bicyclic) bond motifs is 1. The summed E-state index contributed by atoms with van der Waals surface area (Å²) in [6, 6.07) is 12.6. The van der Waals surface area contributed by atoms with E-state index in [4.69, 9.17) is 0 Å². The van der Waals surface area contributed by atoms with Gasteiger partial charge in [-0.25, -0.2) is 19.3 Å². The van der Waals surface area contributed by atoms with Gasteiger partial charge in [0.1, 0.15) is 12.1 Å². The molecule has 2 unspecified atom stereocenters. The Balaban J connectivity index is 1.53. The molecule has 0 amide bonds. The molecule has 1 aliphatic rings. The molecule has 1 aromatic carbocycles. The van der Waals surface area contributed by atoms with Gasteiger partial charge in [-0.2, -0.15) is 5.10 Å². The van der Waals surface area contributed by atoms with Gasteiger partial charge in [-0.05, 0) is 12.0 Å². The Kier molecular flexibility index (Phi) is 2.35. The van der Waals surface area contributed by atoms with E-state index >= 15 is 0 Å². The molecule has 2 atom stereocenters. The maximum atomic E-state index is 11.3. The molecule has 0 saturated heterocycles. The molecule has 0 aliphatic heterocycles. The van der Waals surface area contributed by atoms with Crippen molar-refractivity contribution in [2.24, 2.45) is 0 Å². The van der Waals surface area contributed by atoms with Crippen molar-refractivity contribution in [2.75, 3.05) is 5.32 Å². The zero-order valence-electron chi connectivity index (χ0n) is 10.7. The van der Waals surface area contributed by atoms with Crippen LogP contribution in [0, 0.1) is 0 Å². The van der Waals surface area contributed by atoms with E-state index < -0.39 is 0 Å². The minimum atomic E-state index is -0.271. The third kappa shape index (κ3) is 1.85. The smallest absolute Gasteiger partial charge is 0.348 e. The maximum absolute atomic E-state index is 11.3. The Hall–Kier alpha value is -2.63. The molecular formula is C14H13N5O. The fourth-order valence-corrected chi connectivity index (χ4v) is 2.50. The van der Waals surface area contributed by atoms with Crippen molar-refractivity contribution in [3.8, 4) is 0 Å². The Bertz CT molecular complexity index is 807. The van der Waals surface area contributed by atoms with Crippen LogP contribution in [0.2, 0.25) is 0 Å². The van der Waals surface area contributed by atoms with Crippen LogP contribution in [0.3, 0.4) is 0 Å². The summed E-state index contributed by atoms with van der Waals surface area (Å²) >= 11 is 0. The monoisotopic (exact) mass is 267 g/mol. The van der Waals surface area contributed by atoms with Crippen molar-refractivity contribution >= 4 is 11.5 Å². The van der Waals surface area contributed by atoms with Gasteiger partial charge in [-0.15, -0.1) is 0 Å². The summed E-state index contributed by atoms with van der Waals surface area (Å²) in [6.45, 7) is 0. The lowest BCUT2D eigenvalue weighted by Crippen LogP contribution is -2.11. The number of anilines is 1. The van der Waals surface area contributed by atoms with Crippen LogP contribution in [0.15, 0.2) is 47.5 Å². The third-order valence-electron chi connectivity index (χ3n) is 3.66. The normalized spacial score (nSPS) is 21.0. The zero-order chi connectivity index (χ0) is 13.5. The van der Waals surface area contributed by atoms with Crippen molar-refractivity contribution in [1.82, 2.24) is 19.6 Å². The van der Waals surface area contributed by atoms with Crippen LogP contribution in [-0.4, -0.2) is 25.6 Å². The van der Waals surface area contributed by atoms with Gasteiger partial charge in [-0.3, -0.25) is 0 Å². The van der Waals surface area contributed by atoms with E-state index in [-0.39, 0.29) is 5.69 Å². The summed E-state index contributed by atoms with van der Waals surface area (Å²) in [7, 11) is 0. The number of aromatic amines is 1. The first-order valence-corrected chi connectivity index (χ1v) is 6.55. The molecule has 6 heteroatoms. The molecule has 1 fully saturated rings. The molecule has 1 aliphatic carbocycles. The Labute approximate surface area is 114 Å². The van der Waals surface area contributed by atoms with Gasteiger partial charge < -0.3 is 5.32 Å². The molecule has 2 N–H and O–H groups in total. The van der Waals surface area contributed by atoms with Crippen LogP contribution in [0.1, 0.15) is 17.9 Å². The van der Waals surface area contributed by atoms with Crippen molar-refractivity contribution < 1.29 is 0 Å². The van der Waals surface area contributed by atoms with Crippen LogP contribution >= 0.6 is 0 Å². The summed E-state index contributed by atoms with van der Waals surface area (Å²) in [5.41, 5.74) is 1.65. The van der Waals surface area contributed by atoms with E-state index in [0.717, 1.165) is 12.2 Å². The highest BCUT2D eigenvalue weighted by Gasteiger charge is 2.38. The molecule has 1 saturated carbocycles. The average molecular weight is 267 g/mol. The predicted octanol–water partition coefficient (Wildman–Crippen LogP) is 1.39. The molecule has 0 bridgehead atoms. The molecule has 6 nitrogen and oxygen atoms in total. The molecule has 0 spiro atoms. The minimum Gasteiger partial charge on any atom is -0.367 e. The number of nitrogens with one attached hydrogen (secondary N) is 2. The minimum absolute atomic E-state index is 0.271. The molecule has 20 heavy (non-hydrogen) atoms. The number of nitrogens with zero attached hydrogens (tertiary/aromatic N) is 3. The van der Waals surface area contributed by atoms with E-state index in [1.54, 1.807) is 6.07 Å². The first kappa shape index (κ1) is 11.2. The molecule has 0 radical (unpaired) electrons. The van der Waals surface area contributed by atoms with Crippen LogP contribution < -0.4 is 11.0 Å². The average Bonchev–Trinajstić information content (AvgIpc) is 3.16. The van der Waals surface area contributed by atoms with Crippen LogP contribution in [0.5, 0.6) is 0 Å². The lowest BCUT2D eigenvalue weighted by atomic mass is 10.1. The van der Waals surface area contributed by atoms with Gasteiger partial charge in [0, 0.05) is 18.0 Å². The Morgan fingerprint density at radius 2 is 2.15 bits per heavy atom. The fraction of sp³-hybridized carbons (Fsp3) is 0.214. The van der Waals surface area contributed by atoms with Gasteiger partial charge >= 0.3 is 5.69 Å². The SMILES string of the molecule is O=c1[nH]nc2cc(NC3CC3c3ccccc3)ncn12. The second kappa shape index (κ2) is 4.19. The largest absolute Gasteiger partial charge is 0.367 e. The third-order valence-corrected chi connectivity index (χ3v) is 3.66. The van der Waals surface area contributed by atoms with Crippen molar-refractivity contribution in [3.05, 3.63) is 58.8 Å². The molecule has 100 valence electrons. The van der Waals surface area contributed by atoms with E-state index in [2.05, 4.69) is 44.8 Å². The lowest BCUT2D eigenvalue weighted by Gasteiger charge is -2.05. The maximum Gasteiger partial charge on any atom is 0.348 e. The van der Waals surface area contributed by atoms with Crippen molar-refractivity contribution in [3.63, 3.8) is 0 Å². The summed E-state index contributed by atoms with van der Waals surface area (Å²) in [4.78, 5) is 15.6. The van der Waals surface area contributed by atoms with Crippen molar-refractivity contribution in [1.29, 1.82) is 0 Å². The predicted molar refractivity (Wildman–Crippen MR) is 74.8 cm³/mol. The van der Waals surface area contributed by atoms with E-state index in [9.17, 15) is 4.79 Å². The Morgan fingerprint density at radius 3 is 3.00 bits per heavy atom. The lowest BCUT2D eigenvalue weighted by molar-refractivity contribution is 0.982. The highest BCUT2D eigenvalue weighted by Crippen LogP contribution is 2.42. The van der Waals surface area contributed by atoms with Crippen LogP contribution in [0.4, 0.5) is 5.82 Å². The van der Waals surface area contributed by atoms with Gasteiger partial charge in [0.05, 0.1) is 0 Å². The van der Waals surface area contributed by atoms with E-state index in [1.165, 1.54) is 16.3 Å². The second-order valence-corrected chi connectivity index (χ2v) is 5.03. The highest BCUT2D eigenvalue weighted by molar-refractivity contribution is 5.50. The van der Waals surface area contributed by atoms with Gasteiger partial charge in [-0.1, -0.05) is 30.3 Å². The summed E-state index contributed by atoms with van der Waals surface area (Å²) in [5.74, 6) is 1.29. The van der Waals surface area contributed by atoms with Crippen LogP contribution in [0.25, 0.3) is 5.65 Å². The number of benzene rings is 1. The topological polar surface area (TPSA) is 75.1 Å². The number of hydrogen-bond acceptors (Lipinski definition) is 4. The van der Waals surface area contributed by atoms with E-state index in [1.807, 2.05) is 6.07 Å². The standard InChI is InChI=1S/C14H13N5O/c20-14-18-17-13-7-12(15-8-19(13)14)16-11-6-10(11)9-4-2-1-3-5-9/h1-5,7-8,10-11,16H,6H2,(H,18,20). The number of hydrogen-bond donors (Lipinski definition) is 2. The van der Waals surface area contributed by atoms with Gasteiger partial charge in [0.15, 0.2) is 5.65 Å². The molecule has 4 rings (SSSR count). The van der Waals surface area contributed by atoms with Gasteiger partial charge in [0.2, 0.25) is 0 Å². The number of H-pyrrole nitrogens is 1. The molecule has 2 aromatic heterocycles. The quantitative estimate of drug-likeness (QED) is 0.752. The first-order chi connectivity index (χ1) is 9.81.